The maximum atomic E-state index is 11.3. The normalized spacial score (nSPS) is 10.6. The average Bonchev–Trinajstić information content (AvgIpc) is 1.63. The molecule has 1 nitrogen and oxygen atoms in total. The van der Waals surface area contributed by atoms with Crippen LogP contribution < -0.4 is 0 Å². The van der Waals surface area contributed by atoms with Gasteiger partial charge in [-0.2, -0.15) is 13.2 Å². The topological polar surface area (TPSA) is 12.4 Å². The highest BCUT2D eigenvalue weighted by atomic mass is 32.1. The quantitative estimate of drug-likeness (QED) is 0.439. The van der Waals surface area contributed by atoms with Crippen LogP contribution in [0.2, 0.25) is 0 Å². The van der Waals surface area contributed by atoms with Crippen LogP contribution >= 0.6 is 12.2 Å². The lowest BCUT2D eigenvalue weighted by atomic mass is 10.4. The predicted octanol–water partition coefficient (Wildman–Crippen LogP) is 2.04. The van der Waals surface area contributed by atoms with Crippen LogP contribution in [0.4, 0.5) is 13.2 Å². The summed E-state index contributed by atoms with van der Waals surface area (Å²) in [6, 6.07) is 0. The first-order chi connectivity index (χ1) is 4.06. The first kappa shape index (κ1) is 8.59. The van der Waals surface area contributed by atoms with Crippen molar-refractivity contribution in [3.05, 3.63) is 0 Å². The maximum absolute atomic E-state index is 11.3. The van der Waals surface area contributed by atoms with Crippen LogP contribution in [0.5, 0.6) is 0 Å². The van der Waals surface area contributed by atoms with Crippen LogP contribution in [0.15, 0.2) is 4.99 Å². The molecule has 0 bridgehead atoms. The third-order valence-corrected chi connectivity index (χ3v) is 0.701. The van der Waals surface area contributed by atoms with Crippen molar-refractivity contribution in [2.45, 2.75) is 12.6 Å². The summed E-state index contributed by atoms with van der Waals surface area (Å²) in [5, 5.41) is 1.85. The van der Waals surface area contributed by atoms with Gasteiger partial charge in [-0.05, 0) is 12.2 Å². The minimum atomic E-state index is -4.13. The van der Waals surface area contributed by atoms with Crippen molar-refractivity contribution in [2.24, 2.45) is 4.99 Å². The average molecular weight is 155 g/mol. The fraction of sp³-hybridized carbons (Fsp3) is 0.750. The van der Waals surface area contributed by atoms with E-state index >= 15 is 0 Å². The molecule has 9 heavy (non-hydrogen) atoms. The summed E-state index contributed by atoms with van der Waals surface area (Å²) >= 11 is 4.06. The molecule has 0 fully saturated rings. The Morgan fingerprint density at radius 1 is 1.44 bits per heavy atom. The Kier molecular flexibility index (Phi) is 3.42. The molecular formula is C4H4F3NS. The number of isothiocyanates is 1. The second-order valence-electron chi connectivity index (χ2n) is 1.34. The highest BCUT2D eigenvalue weighted by Crippen LogP contribution is 2.18. The Hall–Kier alpha value is -0.410. The monoisotopic (exact) mass is 155 g/mol. The molecule has 0 aliphatic rings. The molecule has 0 rings (SSSR count). The van der Waals surface area contributed by atoms with Gasteiger partial charge in [0.1, 0.15) is 0 Å². The number of nitrogens with zero attached hydrogens (tertiary/aromatic N) is 1. The molecule has 0 aliphatic carbocycles. The van der Waals surface area contributed by atoms with Gasteiger partial charge in [0.15, 0.2) is 0 Å². The van der Waals surface area contributed by atoms with E-state index in [0.717, 1.165) is 0 Å². The summed E-state index contributed by atoms with van der Waals surface area (Å²) in [5.74, 6) is 0. The summed E-state index contributed by atoms with van der Waals surface area (Å²) in [6.45, 7) is -0.313. The van der Waals surface area contributed by atoms with Gasteiger partial charge in [0.25, 0.3) is 0 Å². The zero-order chi connectivity index (χ0) is 7.33. The van der Waals surface area contributed by atoms with E-state index in [2.05, 4.69) is 17.2 Å². The Morgan fingerprint density at radius 3 is 2.33 bits per heavy atom. The zero-order valence-corrected chi connectivity index (χ0v) is 5.22. The maximum Gasteiger partial charge on any atom is 0.390 e. The molecule has 0 aliphatic heterocycles. The second kappa shape index (κ2) is 3.58. The smallest absolute Gasteiger partial charge is 0.232 e. The molecule has 5 heteroatoms. The Balaban J connectivity index is 3.39. The number of hydrogen-bond acceptors (Lipinski definition) is 2. The Labute approximate surface area is 55.6 Å². The van der Waals surface area contributed by atoms with Crippen LogP contribution in [0.25, 0.3) is 0 Å². The summed E-state index contributed by atoms with van der Waals surface area (Å²) in [7, 11) is 0. The molecule has 52 valence electrons. The largest absolute Gasteiger partial charge is 0.390 e. The summed E-state index contributed by atoms with van der Waals surface area (Å²) < 4.78 is 33.8. The molecule has 0 saturated carbocycles. The second-order valence-corrected chi connectivity index (χ2v) is 1.52. The number of alkyl halides is 3. The van der Waals surface area contributed by atoms with Gasteiger partial charge < -0.3 is 0 Å². The first-order valence-corrected chi connectivity index (χ1v) is 2.57. The SMILES string of the molecule is FC(F)(F)CCN=C=S. The molecule has 0 saturated heterocycles. The van der Waals surface area contributed by atoms with Crippen LogP contribution in [-0.2, 0) is 0 Å². The number of rotatable bonds is 2. The van der Waals surface area contributed by atoms with Gasteiger partial charge >= 0.3 is 6.18 Å². The van der Waals surface area contributed by atoms with Gasteiger partial charge in [-0.15, -0.1) is 0 Å². The van der Waals surface area contributed by atoms with E-state index in [9.17, 15) is 13.2 Å². The van der Waals surface area contributed by atoms with E-state index in [4.69, 9.17) is 0 Å². The van der Waals surface area contributed by atoms with Crippen molar-refractivity contribution in [3.63, 3.8) is 0 Å². The van der Waals surface area contributed by atoms with E-state index in [1.165, 1.54) is 0 Å². The lowest BCUT2D eigenvalue weighted by molar-refractivity contribution is -0.132. The number of hydrogen-bond donors (Lipinski definition) is 0. The highest BCUT2D eigenvalue weighted by molar-refractivity contribution is 7.78. The number of thiocarbonyl (C=S) groups is 1. The minimum absolute atomic E-state index is 0.313. The number of halogens is 3. The van der Waals surface area contributed by atoms with Gasteiger partial charge in [-0.1, -0.05) is 0 Å². The van der Waals surface area contributed by atoms with Crippen LogP contribution in [0.3, 0.4) is 0 Å². The fourth-order valence-corrected chi connectivity index (χ4v) is 0.320. The summed E-state index contributed by atoms with van der Waals surface area (Å²) in [4.78, 5) is 3.10. The van der Waals surface area contributed by atoms with E-state index in [1.807, 2.05) is 5.16 Å². The van der Waals surface area contributed by atoms with Crippen molar-refractivity contribution < 1.29 is 13.2 Å². The molecule has 0 N–H and O–H groups in total. The van der Waals surface area contributed by atoms with Crippen molar-refractivity contribution in [2.75, 3.05) is 6.54 Å². The lowest BCUT2D eigenvalue weighted by Crippen LogP contribution is -2.08. The minimum Gasteiger partial charge on any atom is -0.232 e. The fourth-order valence-electron chi connectivity index (χ4n) is 0.228. The molecule has 0 radical (unpaired) electrons. The van der Waals surface area contributed by atoms with Crippen molar-refractivity contribution >= 4 is 17.4 Å². The van der Waals surface area contributed by atoms with Gasteiger partial charge in [0.05, 0.1) is 18.1 Å². The Morgan fingerprint density at radius 2 is 2.00 bits per heavy atom. The first-order valence-electron chi connectivity index (χ1n) is 2.16. The van der Waals surface area contributed by atoms with Gasteiger partial charge in [0.2, 0.25) is 0 Å². The molecule has 0 aromatic rings. The van der Waals surface area contributed by atoms with E-state index in [0.29, 0.717) is 0 Å². The van der Waals surface area contributed by atoms with Gasteiger partial charge in [0, 0.05) is 0 Å². The summed E-state index contributed by atoms with van der Waals surface area (Å²) in [5.41, 5.74) is 0. The van der Waals surface area contributed by atoms with Gasteiger partial charge in [-0.3, -0.25) is 0 Å². The predicted molar refractivity (Wildman–Crippen MR) is 30.6 cm³/mol. The van der Waals surface area contributed by atoms with Crippen molar-refractivity contribution in [3.8, 4) is 0 Å². The van der Waals surface area contributed by atoms with Crippen LogP contribution in [0.1, 0.15) is 6.42 Å². The molecule has 0 atom stereocenters. The van der Waals surface area contributed by atoms with E-state index < -0.39 is 12.6 Å². The molecular weight excluding hydrogens is 151 g/mol. The van der Waals surface area contributed by atoms with E-state index in [-0.39, 0.29) is 6.54 Å². The van der Waals surface area contributed by atoms with Crippen LogP contribution in [0, 0.1) is 0 Å². The molecule has 0 heterocycles. The van der Waals surface area contributed by atoms with Crippen molar-refractivity contribution in [1.82, 2.24) is 0 Å². The number of aliphatic imine (C=N–C) groups is 1. The highest BCUT2D eigenvalue weighted by Gasteiger charge is 2.25. The van der Waals surface area contributed by atoms with Crippen LogP contribution in [-0.4, -0.2) is 17.9 Å². The molecule has 0 amide bonds. The standard InChI is InChI=1S/C4H4F3NS/c5-4(6,7)1-2-8-3-9/h1-2H2. The zero-order valence-electron chi connectivity index (χ0n) is 4.40. The molecule has 0 spiro atoms. The molecule has 0 unspecified atom stereocenters. The van der Waals surface area contributed by atoms with E-state index in [1.54, 1.807) is 0 Å². The molecule has 0 aromatic carbocycles. The Bertz CT molecular complexity index is 124. The molecule has 0 aromatic heterocycles. The van der Waals surface area contributed by atoms with Gasteiger partial charge in [-0.25, -0.2) is 4.99 Å². The third-order valence-electron chi connectivity index (χ3n) is 0.572. The third kappa shape index (κ3) is 7.59. The summed E-state index contributed by atoms with van der Waals surface area (Å²) in [6.07, 6.45) is -5.05. The van der Waals surface area contributed by atoms with Crippen molar-refractivity contribution in [1.29, 1.82) is 0 Å². The lowest BCUT2D eigenvalue weighted by Gasteiger charge is -2.00.